The predicted octanol–water partition coefficient (Wildman–Crippen LogP) is 3.84. The third kappa shape index (κ3) is 7.21. The van der Waals surface area contributed by atoms with Gasteiger partial charge in [0.1, 0.15) is 17.9 Å². The van der Waals surface area contributed by atoms with Crippen LogP contribution in [0.2, 0.25) is 0 Å². The second-order valence-electron chi connectivity index (χ2n) is 7.41. The Labute approximate surface area is 192 Å². The summed E-state index contributed by atoms with van der Waals surface area (Å²) in [5, 5.41) is 15.4. The molecule has 2 aromatic rings. The second kappa shape index (κ2) is 12.0. The summed E-state index contributed by atoms with van der Waals surface area (Å²) in [4.78, 5) is 36.5. The lowest BCUT2D eigenvalue weighted by Gasteiger charge is -2.09. The number of hydrogen-bond acceptors (Lipinski definition) is 5. The molecule has 0 bridgehead atoms. The molecule has 2 aromatic carbocycles. The van der Waals surface area contributed by atoms with Gasteiger partial charge in [0.05, 0.1) is 6.04 Å². The number of Topliss-reactive ketones (excluding diaryl/α,β-unsaturated/α-hetero) is 1. The van der Waals surface area contributed by atoms with Gasteiger partial charge in [0.25, 0.3) is 5.91 Å². The maximum atomic E-state index is 12.5. The van der Waals surface area contributed by atoms with Crippen LogP contribution in [0.15, 0.2) is 90.2 Å². The predicted molar refractivity (Wildman–Crippen MR) is 125 cm³/mol. The average molecular weight is 447 g/mol. The summed E-state index contributed by atoms with van der Waals surface area (Å²) in [7, 11) is 0. The van der Waals surface area contributed by atoms with Gasteiger partial charge in [-0.25, -0.2) is 4.79 Å². The van der Waals surface area contributed by atoms with Gasteiger partial charge in [-0.2, -0.15) is 0 Å². The molecule has 1 aliphatic rings. The van der Waals surface area contributed by atoms with Gasteiger partial charge < -0.3 is 20.5 Å². The van der Waals surface area contributed by atoms with E-state index >= 15 is 0 Å². The van der Waals surface area contributed by atoms with Crippen molar-refractivity contribution in [2.45, 2.75) is 25.5 Å². The molecule has 1 aliphatic heterocycles. The van der Waals surface area contributed by atoms with Crippen LogP contribution in [0, 0.1) is 0 Å². The summed E-state index contributed by atoms with van der Waals surface area (Å²) in [6.07, 6.45) is 6.67. The number of hydrogen-bond donors (Lipinski definition) is 3. The molecule has 3 rings (SSSR count). The van der Waals surface area contributed by atoms with Crippen molar-refractivity contribution in [2.75, 3.05) is 6.54 Å². The molecule has 0 radical (unpaired) electrons. The van der Waals surface area contributed by atoms with Crippen LogP contribution in [-0.2, 0) is 20.9 Å². The van der Waals surface area contributed by atoms with Crippen molar-refractivity contribution in [1.29, 1.82) is 0 Å². The monoisotopic (exact) mass is 446 g/mol. The molecule has 0 unspecified atom stereocenters. The van der Waals surface area contributed by atoms with Crippen LogP contribution in [0.4, 0.5) is 4.79 Å². The lowest BCUT2D eigenvalue weighted by molar-refractivity contribution is -0.117. The number of carbonyl (C=O) groups is 3. The summed E-state index contributed by atoms with van der Waals surface area (Å²) in [6, 6.07) is 18.2. The van der Waals surface area contributed by atoms with Gasteiger partial charge in [-0.1, -0.05) is 78.9 Å². The normalized spacial score (nSPS) is 17.4. The quantitative estimate of drug-likeness (QED) is 0.178. The molecule has 0 saturated carbocycles. The highest BCUT2D eigenvalue weighted by Gasteiger charge is 2.37. The molecular weight excluding hydrogens is 420 g/mol. The molecule has 0 aliphatic carbocycles. The van der Waals surface area contributed by atoms with Crippen molar-refractivity contribution in [3.8, 4) is 0 Å². The third-order valence-electron chi connectivity index (χ3n) is 4.96. The van der Waals surface area contributed by atoms with Crippen molar-refractivity contribution in [1.82, 2.24) is 10.6 Å². The molecule has 33 heavy (non-hydrogen) atoms. The first kappa shape index (κ1) is 23.5. The standard InChI is InChI=1S/C26H26N2O5/c29-22(16-8-7-12-19-10-3-1-4-11-19)23-24(30)21(28-25(23)31)15-9-17-27-26(32)33-18-20-13-5-2-6-14-20/h1-8,10-14,16,21,29H,9,15,17-18H2,(H,27,32)(H,28,31)/b12-7-,16-8-,23-22+/t21-/m1/s1. The first-order chi connectivity index (χ1) is 16.0. The number of ketones is 1. The summed E-state index contributed by atoms with van der Waals surface area (Å²) in [5.41, 5.74) is 1.62. The van der Waals surface area contributed by atoms with Crippen molar-refractivity contribution < 1.29 is 24.2 Å². The van der Waals surface area contributed by atoms with E-state index in [0.29, 0.717) is 19.4 Å². The van der Waals surface area contributed by atoms with E-state index in [1.165, 1.54) is 6.08 Å². The minimum absolute atomic E-state index is 0.172. The van der Waals surface area contributed by atoms with Crippen LogP contribution >= 0.6 is 0 Å². The van der Waals surface area contributed by atoms with Gasteiger partial charge in [-0.05, 0) is 30.0 Å². The van der Waals surface area contributed by atoms with E-state index in [0.717, 1.165) is 11.1 Å². The smallest absolute Gasteiger partial charge is 0.407 e. The van der Waals surface area contributed by atoms with Crippen molar-refractivity contribution in [3.05, 3.63) is 101 Å². The second-order valence-corrected chi connectivity index (χ2v) is 7.41. The van der Waals surface area contributed by atoms with Crippen LogP contribution in [0.1, 0.15) is 24.0 Å². The summed E-state index contributed by atoms with van der Waals surface area (Å²) >= 11 is 0. The van der Waals surface area contributed by atoms with E-state index in [1.807, 2.05) is 66.7 Å². The van der Waals surface area contributed by atoms with Crippen molar-refractivity contribution >= 4 is 23.9 Å². The minimum Gasteiger partial charge on any atom is -0.507 e. The zero-order valence-corrected chi connectivity index (χ0v) is 18.1. The zero-order chi connectivity index (χ0) is 23.5. The van der Waals surface area contributed by atoms with Crippen LogP contribution in [0.5, 0.6) is 0 Å². The van der Waals surface area contributed by atoms with Gasteiger partial charge in [-0.15, -0.1) is 0 Å². The molecule has 3 N–H and O–H groups in total. The number of benzene rings is 2. The molecule has 1 heterocycles. The number of carbonyl (C=O) groups excluding carboxylic acids is 3. The average Bonchev–Trinajstić information content (AvgIpc) is 3.12. The van der Waals surface area contributed by atoms with Crippen LogP contribution in [-0.4, -0.2) is 35.5 Å². The van der Waals surface area contributed by atoms with Gasteiger partial charge in [-0.3, -0.25) is 9.59 Å². The molecular formula is C26H26N2O5. The summed E-state index contributed by atoms with van der Waals surface area (Å²) in [5.74, 6) is -1.43. The third-order valence-corrected chi connectivity index (χ3v) is 4.96. The molecule has 170 valence electrons. The number of alkyl carbamates (subject to hydrolysis) is 1. The number of nitrogens with one attached hydrogen (secondary N) is 2. The van der Waals surface area contributed by atoms with Crippen LogP contribution in [0.25, 0.3) is 6.08 Å². The topological polar surface area (TPSA) is 105 Å². The highest BCUT2D eigenvalue weighted by Crippen LogP contribution is 2.18. The lowest BCUT2D eigenvalue weighted by atomic mass is 10.0. The van der Waals surface area contributed by atoms with E-state index in [2.05, 4.69) is 10.6 Å². The fourth-order valence-corrected chi connectivity index (χ4v) is 3.26. The largest absolute Gasteiger partial charge is 0.507 e. The first-order valence-electron chi connectivity index (χ1n) is 10.7. The zero-order valence-electron chi connectivity index (χ0n) is 18.1. The lowest BCUT2D eigenvalue weighted by Crippen LogP contribution is -2.31. The SMILES string of the molecule is O=C(NCCC[C@H]1NC(=O)\C(=C(O)/C=C\C=C/c2ccccc2)C1=O)OCc1ccccc1. The van der Waals surface area contributed by atoms with E-state index in [-0.39, 0.29) is 17.9 Å². The Morgan fingerprint density at radius 3 is 2.45 bits per heavy atom. The first-order valence-corrected chi connectivity index (χ1v) is 10.7. The number of aliphatic hydroxyl groups excluding tert-OH is 1. The van der Waals surface area contributed by atoms with Crippen LogP contribution < -0.4 is 10.6 Å². The van der Waals surface area contributed by atoms with E-state index in [1.54, 1.807) is 12.2 Å². The van der Waals surface area contributed by atoms with Gasteiger partial charge >= 0.3 is 6.09 Å². The number of allylic oxidation sites excluding steroid dienone is 3. The van der Waals surface area contributed by atoms with Crippen molar-refractivity contribution in [3.63, 3.8) is 0 Å². The van der Waals surface area contributed by atoms with Gasteiger partial charge in [0.15, 0.2) is 5.78 Å². The molecule has 0 aromatic heterocycles. The minimum atomic E-state index is -0.731. The molecule has 1 fully saturated rings. The molecule has 1 saturated heterocycles. The number of ether oxygens (including phenoxy) is 1. The Balaban J connectivity index is 1.42. The van der Waals surface area contributed by atoms with E-state index in [9.17, 15) is 19.5 Å². The molecule has 0 spiro atoms. The summed E-state index contributed by atoms with van der Waals surface area (Å²) in [6.45, 7) is 0.466. The molecule has 7 nitrogen and oxygen atoms in total. The number of aliphatic hydroxyl groups is 1. The molecule has 2 amide bonds. The molecule has 1 atom stereocenters. The number of rotatable bonds is 9. The van der Waals surface area contributed by atoms with Crippen molar-refractivity contribution in [2.24, 2.45) is 0 Å². The Bertz CT molecular complexity index is 1060. The van der Waals surface area contributed by atoms with Gasteiger partial charge in [0, 0.05) is 6.54 Å². The Morgan fingerprint density at radius 2 is 1.73 bits per heavy atom. The molecule has 7 heteroatoms. The van der Waals surface area contributed by atoms with E-state index < -0.39 is 23.8 Å². The Hall–Kier alpha value is -4.13. The highest BCUT2D eigenvalue weighted by atomic mass is 16.5. The maximum absolute atomic E-state index is 12.5. The van der Waals surface area contributed by atoms with E-state index in [4.69, 9.17) is 4.74 Å². The van der Waals surface area contributed by atoms with Gasteiger partial charge in [0.2, 0.25) is 0 Å². The summed E-state index contributed by atoms with van der Waals surface area (Å²) < 4.78 is 5.12. The maximum Gasteiger partial charge on any atom is 0.407 e. The fourth-order valence-electron chi connectivity index (χ4n) is 3.26. The Morgan fingerprint density at radius 1 is 1.03 bits per heavy atom. The van der Waals surface area contributed by atoms with Crippen LogP contribution in [0.3, 0.4) is 0 Å². The highest BCUT2D eigenvalue weighted by molar-refractivity contribution is 6.27. The number of amides is 2. The fraction of sp³-hybridized carbons (Fsp3) is 0.192. The Kier molecular flexibility index (Phi) is 8.59.